The number of benzene rings is 1. The van der Waals surface area contributed by atoms with Crippen molar-refractivity contribution in [3.8, 4) is 0 Å². The van der Waals surface area contributed by atoms with Gasteiger partial charge in [-0.05, 0) is 24.6 Å². The number of likely N-dealkylation sites (N-methyl/N-ethyl adjacent to an activating group) is 1. The van der Waals surface area contributed by atoms with Crippen molar-refractivity contribution in [2.75, 3.05) is 33.2 Å². The quantitative estimate of drug-likeness (QED) is 0.317. The maximum absolute atomic E-state index is 13.4. The number of nitrogens with two attached hydrogens (primary N) is 1. The SMILES string of the molecule is CN1CCc2nc(C(=O)N3CCN(S(=O)(=O)c4cc5ccc(C(=N)N)cc5s4)CC3C(=O)O)sc2C1. The van der Waals surface area contributed by atoms with Crippen molar-refractivity contribution in [2.45, 2.75) is 23.2 Å². The molecule has 2 aliphatic heterocycles. The number of fused-ring (bicyclic) bond motifs is 2. The van der Waals surface area contributed by atoms with Crippen molar-refractivity contribution >= 4 is 60.5 Å². The lowest BCUT2D eigenvalue weighted by molar-refractivity contribution is -0.143. The lowest BCUT2D eigenvalue weighted by Gasteiger charge is -2.37. The van der Waals surface area contributed by atoms with Gasteiger partial charge in [-0.3, -0.25) is 10.2 Å². The zero-order chi connectivity index (χ0) is 25.8. The number of carboxylic acids is 1. The zero-order valence-corrected chi connectivity index (χ0v) is 21.8. The second-order valence-electron chi connectivity index (χ2n) is 8.82. The van der Waals surface area contributed by atoms with E-state index in [9.17, 15) is 23.1 Å². The van der Waals surface area contributed by atoms with Crippen LogP contribution < -0.4 is 5.73 Å². The van der Waals surface area contributed by atoms with E-state index in [1.807, 2.05) is 7.05 Å². The van der Waals surface area contributed by atoms with Crippen molar-refractivity contribution in [1.82, 2.24) is 19.1 Å². The Hall–Kier alpha value is -2.91. The van der Waals surface area contributed by atoms with Gasteiger partial charge in [-0.1, -0.05) is 12.1 Å². The smallest absolute Gasteiger partial charge is 0.327 e. The third-order valence-electron chi connectivity index (χ3n) is 6.40. The molecule has 1 saturated heterocycles. The fourth-order valence-corrected chi connectivity index (χ4v) is 8.57. The van der Waals surface area contributed by atoms with Gasteiger partial charge in [-0.15, -0.1) is 22.7 Å². The lowest BCUT2D eigenvalue weighted by atomic mass is 10.2. The molecular formula is C22H24N6O5S3. The highest BCUT2D eigenvalue weighted by molar-refractivity contribution is 7.91. The third kappa shape index (κ3) is 4.39. The standard InChI is InChI=1S/C22H24N6O5S3/c1-26-5-4-14-17(11-26)35-20(25-14)21(29)28-7-6-27(10-15(28)22(30)31)36(32,33)18-9-12-2-3-13(19(23)24)8-16(12)34-18/h2-3,8-9,15H,4-7,10-11H2,1H3,(H3,23,24)(H,30,31). The number of nitrogen functional groups attached to an aromatic ring is 1. The zero-order valence-electron chi connectivity index (χ0n) is 19.3. The summed E-state index contributed by atoms with van der Waals surface area (Å²) in [5.74, 6) is -1.88. The topological polar surface area (TPSA) is 161 Å². The van der Waals surface area contributed by atoms with Crippen molar-refractivity contribution < 1.29 is 23.1 Å². The molecule has 1 amide bonds. The second kappa shape index (κ2) is 9.19. The van der Waals surface area contributed by atoms with Crippen LogP contribution in [0.5, 0.6) is 0 Å². The number of carbonyl (C=O) groups is 2. The highest BCUT2D eigenvalue weighted by Gasteiger charge is 2.41. The molecule has 0 saturated carbocycles. The summed E-state index contributed by atoms with van der Waals surface area (Å²) in [4.78, 5) is 34.2. The molecule has 0 aliphatic carbocycles. The third-order valence-corrected chi connectivity index (χ3v) is 10.9. The number of rotatable bonds is 5. The molecule has 11 nitrogen and oxygen atoms in total. The number of nitrogens with zero attached hydrogens (tertiary/aromatic N) is 4. The van der Waals surface area contributed by atoms with Crippen LogP contribution in [0.4, 0.5) is 0 Å². The molecule has 2 aliphatic rings. The van der Waals surface area contributed by atoms with Crippen LogP contribution in [0.15, 0.2) is 28.5 Å². The Morgan fingerprint density at radius 1 is 1.19 bits per heavy atom. The molecule has 36 heavy (non-hydrogen) atoms. The maximum atomic E-state index is 13.4. The number of hydrogen-bond donors (Lipinski definition) is 3. The molecule has 1 aromatic carbocycles. The molecule has 14 heteroatoms. The molecule has 0 spiro atoms. The summed E-state index contributed by atoms with van der Waals surface area (Å²) in [6, 6.07) is 5.20. The molecule has 1 unspecified atom stereocenters. The van der Waals surface area contributed by atoms with E-state index < -0.39 is 27.9 Å². The van der Waals surface area contributed by atoms with E-state index in [0.717, 1.165) is 39.2 Å². The van der Waals surface area contributed by atoms with Gasteiger partial charge in [0.05, 0.1) is 5.69 Å². The van der Waals surface area contributed by atoms with E-state index in [-0.39, 0.29) is 34.7 Å². The number of carbonyl (C=O) groups excluding carboxylic acids is 1. The summed E-state index contributed by atoms with van der Waals surface area (Å²) in [5, 5.41) is 18.4. The van der Waals surface area contributed by atoms with Crippen LogP contribution in [-0.2, 0) is 27.8 Å². The Labute approximate surface area is 215 Å². The first-order valence-corrected chi connectivity index (χ1v) is 14.2. The van der Waals surface area contributed by atoms with Gasteiger partial charge in [-0.2, -0.15) is 4.31 Å². The van der Waals surface area contributed by atoms with Gasteiger partial charge in [-0.25, -0.2) is 18.2 Å². The van der Waals surface area contributed by atoms with Crippen LogP contribution in [0.2, 0.25) is 0 Å². The summed E-state index contributed by atoms with van der Waals surface area (Å²) >= 11 is 2.31. The normalized spacial score (nSPS) is 19.4. The van der Waals surface area contributed by atoms with Gasteiger partial charge >= 0.3 is 5.97 Å². The Morgan fingerprint density at radius 2 is 1.97 bits per heavy atom. The lowest BCUT2D eigenvalue weighted by Crippen LogP contribution is -2.59. The summed E-state index contributed by atoms with van der Waals surface area (Å²) < 4.78 is 28.7. The molecule has 4 N–H and O–H groups in total. The van der Waals surface area contributed by atoms with Gasteiger partial charge < -0.3 is 20.6 Å². The van der Waals surface area contributed by atoms with Gasteiger partial charge in [0.15, 0.2) is 5.01 Å². The van der Waals surface area contributed by atoms with Crippen LogP contribution in [0.1, 0.15) is 25.9 Å². The average molecular weight is 549 g/mol. The van der Waals surface area contributed by atoms with Crippen molar-refractivity contribution in [3.63, 3.8) is 0 Å². The molecule has 5 rings (SSSR count). The Kier molecular flexibility index (Phi) is 6.32. The number of nitrogens with one attached hydrogen (secondary N) is 1. The van der Waals surface area contributed by atoms with Crippen LogP contribution in [-0.4, -0.2) is 89.6 Å². The van der Waals surface area contributed by atoms with Gasteiger partial charge in [0, 0.05) is 54.3 Å². The average Bonchev–Trinajstić information content (AvgIpc) is 3.46. The van der Waals surface area contributed by atoms with E-state index in [1.54, 1.807) is 18.2 Å². The minimum Gasteiger partial charge on any atom is -0.480 e. The number of aliphatic carboxylic acids is 1. The summed E-state index contributed by atoms with van der Waals surface area (Å²) in [7, 11) is -2.01. The highest BCUT2D eigenvalue weighted by Crippen LogP contribution is 2.33. The molecule has 0 radical (unpaired) electrons. The Bertz CT molecular complexity index is 1500. The van der Waals surface area contributed by atoms with E-state index in [1.165, 1.54) is 22.3 Å². The first-order valence-electron chi connectivity index (χ1n) is 11.1. The minimum absolute atomic E-state index is 0.0291. The molecular weight excluding hydrogens is 524 g/mol. The number of amidine groups is 1. The number of hydrogen-bond acceptors (Lipinski definition) is 9. The number of sulfonamides is 1. The molecule has 3 aromatic rings. The number of thiazole rings is 1. The van der Waals surface area contributed by atoms with E-state index in [0.29, 0.717) is 22.2 Å². The van der Waals surface area contributed by atoms with Crippen molar-refractivity contribution in [3.05, 3.63) is 45.4 Å². The highest BCUT2D eigenvalue weighted by atomic mass is 32.2. The van der Waals surface area contributed by atoms with E-state index in [2.05, 4.69) is 9.88 Å². The molecule has 0 bridgehead atoms. The van der Waals surface area contributed by atoms with Gasteiger partial charge in [0.1, 0.15) is 16.1 Å². The van der Waals surface area contributed by atoms with Gasteiger partial charge in [0.25, 0.3) is 15.9 Å². The second-order valence-corrected chi connectivity index (χ2v) is 13.2. The van der Waals surface area contributed by atoms with Crippen molar-refractivity contribution in [2.24, 2.45) is 5.73 Å². The van der Waals surface area contributed by atoms with Gasteiger partial charge in [0.2, 0.25) is 0 Å². The number of piperazine rings is 1. The van der Waals surface area contributed by atoms with Crippen LogP contribution in [0.25, 0.3) is 10.1 Å². The summed E-state index contributed by atoms with van der Waals surface area (Å²) in [6.07, 6.45) is 0.729. The number of carboxylic acid groups (broad SMARTS) is 1. The van der Waals surface area contributed by atoms with E-state index >= 15 is 0 Å². The number of thiophene rings is 1. The maximum Gasteiger partial charge on any atom is 0.327 e. The van der Waals surface area contributed by atoms with Crippen LogP contribution in [0, 0.1) is 5.41 Å². The number of amides is 1. The Balaban J connectivity index is 1.38. The molecule has 1 fully saturated rings. The van der Waals surface area contributed by atoms with Crippen molar-refractivity contribution in [1.29, 1.82) is 5.41 Å². The monoisotopic (exact) mass is 548 g/mol. The first kappa shape index (κ1) is 24.8. The van der Waals surface area contributed by atoms with Crippen LogP contribution >= 0.6 is 22.7 Å². The molecule has 2 aromatic heterocycles. The molecule has 4 heterocycles. The molecule has 1 atom stereocenters. The largest absolute Gasteiger partial charge is 0.480 e. The molecule has 190 valence electrons. The Morgan fingerprint density at radius 3 is 2.69 bits per heavy atom. The summed E-state index contributed by atoms with van der Waals surface area (Å²) in [5.41, 5.74) is 6.90. The predicted octanol–water partition coefficient (Wildman–Crippen LogP) is 1.23. The predicted molar refractivity (Wildman–Crippen MR) is 136 cm³/mol. The van der Waals surface area contributed by atoms with E-state index in [4.69, 9.17) is 11.1 Å². The fraction of sp³-hybridized carbons (Fsp3) is 0.364. The first-order chi connectivity index (χ1) is 17.0. The summed E-state index contributed by atoms with van der Waals surface area (Å²) in [6.45, 7) is 1.09. The minimum atomic E-state index is -4.00. The number of aromatic nitrogens is 1. The van der Waals surface area contributed by atoms with Crippen LogP contribution in [0.3, 0.4) is 0 Å². The fourth-order valence-electron chi connectivity index (χ4n) is 4.40.